The van der Waals surface area contributed by atoms with Crippen LogP contribution in [0.4, 0.5) is 0 Å². The monoisotopic (exact) mass is 404 g/mol. The molecule has 0 aliphatic heterocycles. The Morgan fingerprint density at radius 2 is 1.70 bits per heavy atom. The topological polar surface area (TPSA) is 68.2 Å². The summed E-state index contributed by atoms with van der Waals surface area (Å²) in [7, 11) is -2.37. The minimum absolute atomic E-state index is 0.0778. The molecule has 2 aromatic carbocycles. The third-order valence-electron chi connectivity index (χ3n) is 4.48. The minimum Gasteiger partial charge on any atom is -0.355 e. The summed E-state index contributed by atoms with van der Waals surface area (Å²) in [5.74, 6) is -0.376. The van der Waals surface area contributed by atoms with Crippen LogP contribution in [0.3, 0.4) is 0 Å². The molecule has 5 nitrogen and oxygen atoms in total. The lowest BCUT2D eigenvalue weighted by Crippen LogP contribution is -2.18. The van der Waals surface area contributed by atoms with Crippen molar-refractivity contribution in [2.24, 2.45) is 0 Å². The van der Waals surface area contributed by atoms with Gasteiger partial charge in [-0.2, -0.15) is 0 Å². The Labute approximate surface area is 164 Å². The second-order valence-electron chi connectivity index (χ2n) is 7.36. The highest BCUT2D eigenvalue weighted by Crippen LogP contribution is 2.29. The minimum atomic E-state index is -3.87. The van der Waals surface area contributed by atoms with Crippen LogP contribution in [-0.2, 0) is 15.4 Å². The molecule has 0 fully saturated rings. The fourth-order valence-electron chi connectivity index (χ4n) is 2.93. The van der Waals surface area contributed by atoms with E-state index >= 15 is 0 Å². The smallest absolute Gasteiger partial charge is 0.268 e. The van der Waals surface area contributed by atoms with Crippen molar-refractivity contribution in [3.05, 3.63) is 64.8 Å². The first-order valence-electron chi connectivity index (χ1n) is 8.44. The zero-order valence-electron chi connectivity index (χ0n) is 15.6. The third kappa shape index (κ3) is 3.47. The van der Waals surface area contributed by atoms with E-state index in [-0.39, 0.29) is 21.8 Å². The van der Waals surface area contributed by atoms with E-state index in [1.54, 1.807) is 30.3 Å². The molecule has 3 aromatic rings. The molecule has 0 aliphatic carbocycles. The molecular formula is C20H21ClN2O3S. The second kappa shape index (κ2) is 6.69. The Hall–Kier alpha value is -2.31. The summed E-state index contributed by atoms with van der Waals surface area (Å²) >= 11 is 6.05. The van der Waals surface area contributed by atoms with Gasteiger partial charge < -0.3 is 5.32 Å². The SMILES string of the molecule is CNC(=O)c1cn(S(=O)(=O)c2ccc(C(C)(C)C)cc2)c2ccc(Cl)cc12. The summed E-state index contributed by atoms with van der Waals surface area (Å²) < 4.78 is 27.6. The number of fused-ring (bicyclic) bond motifs is 1. The van der Waals surface area contributed by atoms with Crippen molar-refractivity contribution in [2.75, 3.05) is 7.05 Å². The molecule has 0 radical (unpaired) electrons. The summed E-state index contributed by atoms with van der Waals surface area (Å²) in [6.45, 7) is 6.19. The highest BCUT2D eigenvalue weighted by Gasteiger charge is 2.24. The number of hydrogen-bond acceptors (Lipinski definition) is 3. The lowest BCUT2D eigenvalue weighted by Gasteiger charge is -2.19. The van der Waals surface area contributed by atoms with Crippen LogP contribution < -0.4 is 5.32 Å². The van der Waals surface area contributed by atoms with Crippen LogP contribution >= 0.6 is 11.6 Å². The molecule has 1 heterocycles. The molecule has 1 amide bonds. The van der Waals surface area contributed by atoms with Crippen molar-refractivity contribution in [3.8, 4) is 0 Å². The quantitative estimate of drug-likeness (QED) is 0.711. The number of halogens is 1. The Bertz CT molecular complexity index is 1120. The van der Waals surface area contributed by atoms with Gasteiger partial charge in [-0.15, -0.1) is 0 Å². The van der Waals surface area contributed by atoms with E-state index in [1.807, 2.05) is 12.1 Å². The molecule has 0 saturated carbocycles. The largest absolute Gasteiger partial charge is 0.355 e. The molecule has 0 spiro atoms. The van der Waals surface area contributed by atoms with Crippen LogP contribution in [0, 0.1) is 0 Å². The van der Waals surface area contributed by atoms with Gasteiger partial charge in [0.2, 0.25) is 0 Å². The standard InChI is InChI=1S/C20H21ClN2O3S/c1-20(2,3)13-5-8-15(9-6-13)27(25,26)23-12-17(19(24)22-4)16-11-14(21)7-10-18(16)23/h5-12H,1-4H3,(H,22,24). The van der Waals surface area contributed by atoms with E-state index in [2.05, 4.69) is 26.1 Å². The predicted octanol–water partition coefficient (Wildman–Crippen LogP) is 4.19. The summed E-state index contributed by atoms with van der Waals surface area (Å²) in [4.78, 5) is 12.4. The predicted molar refractivity (Wildman–Crippen MR) is 108 cm³/mol. The van der Waals surface area contributed by atoms with Crippen LogP contribution in [0.5, 0.6) is 0 Å². The molecule has 0 bridgehead atoms. The van der Waals surface area contributed by atoms with Crippen LogP contribution in [0.25, 0.3) is 10.9 Å². The summed E-state index contributed by atoms with van der Waals surface area (Å²) in [6.07, 6.45) is 1.34. The van der Waals surface area contributed by atoms with Gasteiger partial charge in [-0.25, -0.2) is 12.4 Å². The number of benzene rings is 2. The number of hydrogen-bond donors (Lipinski definition) is 1. The van der Waals surface area contributed by atoms with Crippen LogP contribution in [0.1, 0.15) is 36.7 Å². The average Bonchev–Trinajstić information content (AvgIpc) is 2.99. The highest BCUT2D eigenvalue weighted by atomic mass is 35.5. The molecule has 27 heavy (non-hydrogen) atoms. The molecule has 3 rings (SSSR count). The summed E-state index contributed by atoms with van der Waals surface area (Å²) in [5.41, 5.74) is 1.62. The first-order valence-corrected chi connectivity index (χ1v) is 10.3. The van der Waals surface area contributed by atoms with Gasteiger partial charge >= 0.3 is 0 Å². The van der Waals surface area contributed by atoms with Gasteiger partial charge in [0.15, 0.2) is 0 Å². The number of amides is 1. The van der Waals surface area contributed by atoms with Crippen molar-refractivity contribution >= 4 is 38.4 Å². The fourth-order valence-corrected chi connectivity index (χ4v) is 4.47. The molecule has 142 valence electrons. The van der Waals surface area contributed by atoms with Crippen molar-refractivity contribution in [1.29, 1.82) is 0 Å². The number of nitrogens with zero attached hydrogens (tertiary/aromatic N) is 1. The Morgan fingerprint density at radius 1 is 1.07 bits per heavy atom. The second-order valence-corrected chi connectivity index (χ2v) is 9.61. The third-order valence-corrected chi connectivity index (χ3v) is 6.40. The number of carbonyl (C=O) groups excluding carboxylic acids is 1. The molecule has 0 aliphatic rings. The zero-order valence-corrected chi connectivity index (χ0v) is 17.1. The van der Waals surface area contributed by atoms with Gasteiger partial charge in [0.05, 0.1) is 16.0 Å². The van der Waals surface area contributed by atoms with E-state index in [4.69, 9.17) is 11.6 Å². The van der Waals surface area contributed by atoms with Crippen molar-refractivity contribution in [2.45, 2.75) is 31.1 Å². The number of nitrogens with one attached hydrogen (secondary N) is 1. The Kier molecular flexibility index (Phi) is 4.82. The molecule has 7 heteroatoms. The fraction of sp³-hybridized carbons (Fsp3) is 0.250. The lowest BCUT2D eigenvalue weighted by molar-refractivity contribution is 0.0964. The van der Waals surface area contributed by atoms with Crippen molar-refractivity contribution in [1.82, 2.24) is 9.29 Å². The van der Waals surface area contributed by atoms with Gasteiger partial charge in [-0.3, -0.25) is 4.79 Å². The van der Waals surface area contributed by atoms with Gasteiger partial charge in [0.25, 0.3) is 15.9 Å². The molecule has 1 aromatic heterocycles. The average molecular weight is 405 g/mol. The van der Waals surface area contributed by atoms with E-state index < -0.39 is 10.0 Å². The molecule has 1 N–H and O–H groups in total. The highest BCUT2D eigenvalue weighted by molar-refractivity contribution is 7.90. The first kappa shape index (κ1) is 19.5. The van der Waals surface area contributed by atoms with E-state index in [1.165, 1.54) is 13.2 Å². The molecular weight excluding hydrogens is 384 g/mol. The lowest BCUT2D eigenvalue weighted by atomic mass is 9.87. The normalized spacial score (nSPS) is 12.3. The van der Waals surface area contributed by atoms with E-state index in [0.29, 0.717) is 15.9 Å². The van der Waals surface area contributed by atoms with Crippen LogP contribution in [0.15, 0.2) is 53.6 Å². The molecule has 0 unspecified atom stereocenters. The van der Waals surface area contributed by atoms with Crippen LogP contribution in [0.2, 0.25) is 5.02 Å². The van der Waals surface area contributed by atoms with Gasteiger partial charge in [-0.1, -0.05) is 44.5 Å². The maximum Gasteiger partial charge on any atom is 0.268 e. The van der Waals surface area contributed by atoms with Gasteiger partial charge in [0, 0.05) is 23.7 Å². The number of aromatic nitrogens is 1. The molecule has 0 atom stereocenters. The van der Waals surface area contributed by atoms with E-state index in [0.717, 1.165) is 9.54 Å². The maximum absolute atomic E-state index is 13.2. The maximum atomic E-state index is 13.2. The summed E-state index contributed by atoms with van der Waals surface area (Å²) in [6, 6.07) is 11.6. The van der Waals surface area contributed by atoms with Crippen LogP contribution in [-0.4, -0.2) is 25.3 Å². The summed E-state index contributed by atoms with van der Waals surface area (Å²) in [5, 5.41) is 3.44. The van der Waals surface area contributed by atoms with Gasteiger partial charge in [-0.05, 0) is 41.3 Å². The first-order chi connectivity index (χ1) is 12.6. The molecule has 0 saturated heterocycles. The van der Waals surface area contributed by atoms with Crippen molar-refractivity contribution < 1.29 is 13.2 Å². The van der Waals surface area contributed by atoms with Crippen molar-refractivity contribution in [3.63, 3.8) is 0 Å². The zero-order chi connectivity index (χ0) is 20.0. The Morgan fingerprint density at radius 3 is 2.26 bits per heavy atom. The Balaban J connectivity index is 2.20. The van der Waals surface area contributed by atoms with E-state index in [9.17, 15) is 13.2 Å². The van der Waals surface area contributed by atoms with Gasteiger partial charge in [0.1, 0.15) is 0 Å². The number of rotatable bonds is 3. The number of carbonyl (C=O) groups is 1.